The summed E-state index contributed by atoms with van der Waals surface area (Å²) in [6.45, 7) is 6.95. The number of hydrogen-bond donors (Lipinski definition) is 2. The fraction of sp³-hybridized carbons (Fsp3) is 0.545. The van der Waals surface area contributed by atoms with Gasteiger partial charge in [0, 0.05) is 37.2 Å². The first-order valence-corrected chi connectivity index (χ1v) is 9.99. The third-order valence-electron chi connectivity index (χ3n) is 5.37. The number of hydrogen-bond acceptors (Lipinski definition) is 4. The number of likely N-dealkylation sites (tertiary alicyclic amines) is 1. The Balaban J connectivity index is 1.69. The van der Waals surface area contributed by atoms with Crippen molar-refractivity contribution in [3.05, 3.63) is 53.3 Å². The zero-order valence-corrected chi connectivity index (χ0v) is 17.1. The van der Waals surface area contributed by atoms with Gasteiger partial charge in [-0.25, -0.2) is 4.79 Å². The predicted molar refractivity (Wildman–Crippen MR) is 108 cm³/mol. The van der Waals surface area contributed by atoms with E-state index in [0.29, 0.717) is 19.5 Å². The number of ether oxygens (including phenoxy) is 1. The Hall–Kier alpha value is -2.34. The van der Waals surface area contributed by atoms with Crippen LogP contribution in [-0.2, 0) is 16.6 Å². The van der Waals surface area contributed by atoms with Crippen molar-refractivity contribution in [2.75, 3.05) is 19.7 Å². The first-order chi connectivity index (χ1) is 13.3. The summed E-state index contributed by atoms with van der Waals surface area (Å²) >= 11 is 0. The number of H-pyrrole nitrogens is 1. The van der Waals surface area contributed by atoms with Gasteiger partial charge in [-0.2, -0.15) is 5.10 Å². The normalized spacial score (nSPS) is 16.8. The van der Waals surface area contributed by atoms with E-state index in [1.54, 1.807) is 4.90 Å². The van der Waals surface area contributed by atoms with E-state index in [1.165, 1.54) is 5.56 Å². The van der Waals surface area contributed by atoms with Gasteiger partial charge in [0.25, 0.3) is 0 Å². The lowest BCUT2D eigenvalue weighted by Crippen LogP contribution is -2.47. The van der Waals surface area contributed by atoms with Crippen LogP contribution >= 0.6 is 0 Å². The van der Waals surface area contributed by atoms with Crippen LogP contribution < -0.4 is 0 Å². The largest absolute Gasteiger partial charge is 0.444 e. The molecule has 3 rings (SSSR count). The molecule has 0 aliphatic carbocycles. The van der Waals surface area contributed by atoms with E-state index in [9.17, 15) is 9.90 Å². The molecule has 1 aromatic heterocycles. The number of carbonyl (C=O) groups is 1. The van der Waals surface area contributed by atoms with Gasteiger partial charge in [-0.3, -0.25) is 5.10 Å². The number of nitrogens with one attached hydrogen (secondary N) is 1. The van der Waals surface area contributed by atoms with Crippen LogP contribution in [0.2, 0.25) is 0 Å². The summed E-state index contributed by atoms with van der Waals surface area (Å²) in [6.07, 6.45) is 2.71. The molecule has 1 aliphatic heterocycles. The Bertz CT molecular complexity index is 772. The summed E-state index contributed by atoms with van der Waals surface area (Å²) in [4.78, 5) is 14.1. The molecule has 1 fully saturated rings. The number of nitrogens with zero attached hydrogens (tertiary/aromatic N) is 2. The van der Waals surface area contributed by atoms with Crippen molar-refractivity contribution in [2.24, 2.45) is 0 Å². The second-order valence-electron chi connectivity index (χ2n) is 8.66. The molecule has 6 nitrogen and oxygen atoms in total. The van der Waals surface area contributed by atoms with Gasteiger partial charge in [0.2, 0.25) is 0 Å². The molecular formula is C22H31N3O3. The highest BCUT2D eigenvalue weighted by atomic mass is 16.6. The quantitative estimate of drug-likeness (QED) is 0.823. The summed E-state index contributed by atoms with van der Waals surface area (Å²) in [5.41, 5.74) is 2.57. The molecule has 0 spiro atoms. The summed E-state index contributed by atoms with van der Waals surface area (Å²) in [5, 5.41) is 17.4. The Kier molecular flexibility index (Phi) is 6.08. The SMILES string of the molecule is CC(C)(C)OC(=O)N1CCC(CCO)(c2cc(Cc3ccccc3)[nH]n2)CC1. The van der Waals surface area contributed by atoms with E-state index in [1.807, 2.05) is 39.0 Å². The average molecular weight is 386 g/mol. The molecule has 0 radical (unpaired) electrons. The minimum Gasteiger partial charge on any atom is -0.444 e. The van der Waals surface area contributed by atoms with Crippen LogP contribution in [0.25, 0.3) is 0 Å². The lowest BCUT2D eigenvalue weighted by Gasteiger charge is -2.40. The van der Waals surface area contributed by atoms with Crippen LogP contribution in [-0.4, -0.2) is 51.6 Å². The molecule has 1 saturated heterocycles. The minimum absolute atomic E-state index is 0.104. The molecule has 1 aromatic carbocycles. The van der Waals surface area contributed by atoms with Gasteiger partial charge in [-0.05, 0) is 51.7 Å². The van der Waals surface area contributed by atoms with Crippen molar-refractivity contribution in [1.29, 1.82) is 0 Å². The number of aliphatic hydroxyl groups excluding tert-OH is 1. The maximum atomic E-state index is 12.4. The number of amides is 1. The van der Waals surface area contributed by atoms with Gasteiger partial charge in [0.1, 0.15) is 5.60 Å². The number of aliphatic hydroxyl groups is 1. The lowest BCUT2D eigenvalue weighted by molar-refractivity contribution is 0.0148. The third-order valence-corrected chi connectivity index (χ3v) is 5.37. The van der Waals surface area contributed by atoms with Gasteiger partial charge < -0.3 is 14.7 Å². The van der Waals surface area contributed by atoms with Crippen molar-refractivity contribution in [3.8, 4) is 0 Å². The zero-order chi connectivity index (χ0) is 20.2. The molecule has 2 aromatic rings. The highest BCUT2D eigenvalue weighted by Gasteiger charge is 2.39. The summed E-state index contributed by atoms with van der Waals surface area (Å²) < 4.78 is 5.50. The molecule has 1 amide bonds. The van der Waals surface area contributed by atoms with E-state index < -0.39 is 5.60 Å². The molecule has 0 unspecified atom stereocenters. The smallest absolute Gasteiger partial charge is 0.410 e. The number of piperidine rings is 1. The molecule has 0 saturated carbocycles. The molecule has 0 bridgehead atoms. The number of aromatic nitrogens is 2. The van der Waals surface area contributed by atoms with E-state index in [2.05, 4.69) is 28.4 Å². The standard InChI is InChI=1S/C22H31N3O3/c1-21(2,3)28-20(27)25-12-9-22(10-13-25,11-14-26)19-16-18(23-24-19)15-17-7-5-4-6-8-17/h4-8,16,26H,9-15H2,1-3H3,(H,23,24). The van der Waals surface area contributed by atoms with Crippen LogP contribution in [0.3, 0.4) is 0 Å². The van der Waals surface area contributed by atoms with E-state index in [-0.39, 0.29) is 18.1 Å². The van der Waals surface area contributed by atoms with Crippen molar-refractivity contribution in [1.82, 2.24) is 15.1 Å². The maximum absolute atomic E-state index is 12.4. The predicted octanol–water partition coefficient (Wildman–Crippen LogP) is 3.65. The molecule has 2 heterocycles. The van der Waals surface area contributed by atoms with E-state index >= 15 is 0 Å². The highest BCUT2D eigenvalue weighted by Crippen LogP contribution is 2.38. The zero-order valence-electron chi connectivity index (χ0n) is 17.1. The highest BCUT2D eigenvalue weighted by molar-refractivity contribution is 5.68. The van der Waals surface area contributed by atoms with Gasteiger partial charge in [0.05, 0.1) is 5.69 Å². The number of rotatable bonds is 5. The van der Waals surface area contributed by atoms with Crippen LogP contribution in [0.1, 0.15) is 57.0 Å². The second kappa shape index (κ2) is 8.35. The van der Waals surface area contributed by atoms with Crippen LogP contribution in [0.4, 0.5) is 4.79 Å². The Morgan fingerprint density at radius 3 is 2.54 bits per heavy atom. The van der Waals surface area contributed by atoms with Crippen molar-refractivity contribution >= 4 is 6.09 Å². The minimum atomic E-state index is -0.495. The Morgan fingerprint density at radius 1 is 1.25 bits per heavy atom. The fourth-order valence-electron chi connectivity index (χ4n) is 3.83. The lowest BCUT2D eigenvalue weighted by atomic mass is 9.73. The monoisotopic (exact) mass is 385 g/mol. The maximum Gasteiger partial charge on any atom is 0.410 e. The van der Waals surface area contributed by atoms with Crippen molar-refractivity contribution in [3.63, 3.8) is 0 Å². The molecule has 1 aliphatic rings. The Morgan fingerprint density at radius 2 is 1.93 bits per heavy atom. The van der Waals surface area contributed by atoms with Crippen molar-refractivity contribution in [2.45, 2.75) is 57.5 Å². The van der Waals surface area contributed by atoms with Gasteiger partial charge in [-0.1, -0.05) is 30.3 Å². The van der Waals surface area contributed by atoms with Crippen molar-refractivity contribution < 1.29 is 14.6 Å². The number of carbonyl (C=O) groups excluding carboxylic acids is 1. The summed E-state index contributed by atoms with van der Waals surface area (Å²) in [5.74, 6) is 0. The first-order valence-electron chi connectivity index (χ1n) is 9.99. The molecule has 6 heteroatoms. The second-order valence-corrected chi connectivity index (χ2v) is 8.66. The van der Waals surface area contributed by atoms with Gasteiger partial charge in [-0.15, -0.1) is 0 Å². The Labute approximate surface area is 166 Å². The molecule has 28 heavy (non-hydrogen) atoms. The molecule has 152 valence electrons. The first kappa shape index (κ1) is 20.4. The third kappa shape index (κ3) is 4.93. The van der Waals surface area contributed by atoms with Gasteiger partial charge >= 0.3 is 6.09 Å². The molecule has 2 N–H and O–H groups in total. The van der Waals surface area contributed by atoms with Crippen LogP contribution in [0, 0.1) is 0 Å². The van der Waals surface area contributed by atoms with Crippen LogP contribution in [0.15, 0.2) is 36.4 Å². The van der Waals surface area contributed by atoms with E-state index in [4.69, 9.17) is 4.74 Å². The van der Waals surface area contributed by atoms with Gasteiger partial charge in [0.15, 0.2) is 0 Å². The molecule has 0 atom stereocenters. The number of benzene rings is 1. The van der Waals surface area contributed by atoms with E-state index in [0.717, 1.165) is 30.7 Å². The fourth-order valence-corrected chi connectivity index (χ4v) is 3.83. The summed E-state index contributed by atoms with van der Waals surface area (Å²) in [6, 6.07) is 12.4. The topological polar surface area (TPSA) is 78.5 Å². The summed E-state index contributed by atoms with van der Waals surface area (Å²) in [7, 11) is 0. The number of aromatic amines is 1. The molecular weight excluding hydrogens is 354 g/mol. The average Bonchev–Trinajstić information content (AvgIpc) is 3.11. The van der Waals surface area contributed by atoms with Crippen LogP contribution in [0.5, 0.6) is 0 Å².